The summed E-state index contributed by atoms with van der Waals surface area (Å²) in [6.45, 7) is 4.73. The van der Waals surface area contributed by atoms with Crippen molar-refractivity contribution in [2.24, 2.45) is 0 Å². The van der Waals surface area contributed by atoms with Gasteiger partial charge in [-0.25, -0.2) is 18.0 Å². The van der Waals surface area contributed by atoms with Crippen LogP contribution in [-0.4, -0.2) is 38.1 Å². The Hall–Kier alpha value is -0.814. The fourth-order valence-corrected chi connectivity index (χ4v) is 7.34. The molecule has 0 saturated heterocycles. The van der Waals surface area contributed by atoms with Gasteiger partial charge < -0.3 is 14.0 Å². The molecule has 55 heavy (non-hydrogen) atoms. The van der Waals surface area contributed by atoms with Crippen molar-refractivity contribution in [1.82, 2.24) is 0 Å². The van der Waals surface area contributed by atoms with Crippen molar-refractivity contribution in [2.75, 3.05) is 13.2 Å². The standard InChI is InChI=1S/C46H78O7S.K/c1-3-5-7-9-11-13-15-17-19-21-23-25-27-29-31-33-35-40-52-45(47)42-38-37-39-43(54(49,50)51)44(42)46(48)53-41-36-34-32-30-28-26-24-22-20-18-16-14-12-10-8-6-4-2;/h23-26,37-39H,3-22,27-36,40-41H2,1-2H3,(H,49,50,51);/q;+1/p-1/b25-23+,26-24+;. The summed E-state index contributed by atoms with van der Waals surface area (Å²) in [7, 11) is -5.02. The Labute approximate surface area is 380 Å². The molecular formula is C46H77KO7S. The maximum atomic E-state index is 13.0. The Morgan fingerprint density at radius 1 is 0.509 bits per heavy atom. The number of esters is 2. The van der Waals surface area contributed by atoms with Crippen molar-refractivity contribution >= 4 is 22.1 Å². The first-order valence-electron chi connectivity index (χ1n) is 22.1. The molecule has 0 unspecified atom stereocenters. The summed E-state index contributed by atoms with van der Waals surface area (Å²) in [5.41, 5.74) is -0.799. The molecule has 0 radical (unpaired) electrons. The van der Waals surface area contributed by atoms with Crippen LogP contribution in [0.3, 0.4) is 0 Å². The van der Waals surface area contributed by atoms with E-state index in [1.165, 1.54) is 128 Å². The first kappa shape index (κ1) is 54.2. The zero-order valence-electron chi connectivity index (χ0n) is 35.4. The molecular weight excluding hydrogens is 736 g/mol. The molecule has 0 bridgehead atoms. The number of unbranched alkanes of at least 4 members (excludes halogenated alkanes) is 26. The van der Waals surface area contributed by atoms with E-state index in [0.29, 0.717) is 12.8 Å². The molecule has 7 nitrogen and oxygen atoms in total. The summed E-state index contributed by atoms with van der Waals surface area (Å²) < 4.78 is 46.7. The first-order chi connectivity index (χ1) is 26.3. The average molecular weight is 813 g/mol. The van der Waals surface area contributed by atoms with E-state index >= 15 is 0 Å². The third-order valence-corrected chi connectivity index (χ3v) is 10.9. The van der Waals surface area contributed by atoms with E-state index in [4.69, 9.17) is 9.47 Å². The number of carbonyl (C=O) groups is 2. The van der Waals surface area contributed by atoms with Gasteiger partial charge in [-0.2, -0.15) is 0 Å². The summed E-state index contributed by atoms with van der Waals surface area (Å²) in [6.07, 6.45) is 44.7. The summed E-state index contributed by atoms with van der Waals surface area (Å²) in [5, 5.41) is 0. The van der Waals surface area contributed by atoms with Crippen molar-refractivity contribution < 1.29 is 83.4 Å². The molecule has 0 spiro atoms. The maximum Gasteiger partial charge on any atom is 1.00 e. The fourth-order valence-electron chi connectivity index (χ4n) is 6.65. The molecule has 1 rings (SSSR count). The van der Waals surface area contributed by atoms with Gasteiger partial charge >= 0.3 is 63.3 Å². The molecule has 0 heterocycles. The molecule has 0 fully saturated rings. The van der Waals surface area contributed by atoms with E-state index in [1.807, 2.05) is 0 Å². The fraction of sp³-hybridized carbons (Fsp3) is 0.739. The molecule has 1 aromatic rings. The van der Waals surface area contributed by atoms with Crippen LogP contribution in [0.1, 0.15) is 227 Å². The minimum Gasteiger partial charge on any atom is -0.744 e. The van der Waals surface area contributed by atoms with Crippen LogP contribution in [0.5, 0.6) is 0 Å². The predicted molar refractivity (Wildman–Crippen MR) is 223 cm³/mol. The van der Waals surface area contributed by atoms with E-state index in [-0.39, 0.29) is 70.2 Å². The first-order valence-corrected chi connectivity index (χ1v) is 23.5. The van der Waals surface area contributed by atoms with Gasteiger partial charge in [-0.3, -0.25) is 0 Å². The quantitative estimate of drug-likeness (QED) is 0.0216. The van der Waals surface area contributed by atoms with Gasteiger partial charge in [-0.15, -0.1) is 0 Å². The van der Waals surface area contributed by atoms with Crippen molar-refractivity contribution in [3.05, 3.63) is 53.6 Å². The molecule has 0 aromatic heterocycles. The van der Waals surface area contributed by atoms with Crippen molar-refractivity contribution in [3.63, 3.8) is 0 Å². The second kappa shape index (κ2) is 38.7. The van der Waals surface area contributed by atoms with Crippen LogP contribution >= 0.6 is 0 Å². The van der Waals surface area contributed by atoms with E-state index in [9.17, 15) is 22.6 Å². The number of rotatable bonds is 37. The van der Waals surface area contributed by atoms with Gasteiger partial charge in [0, 0.05) is 0 Å². The number of allylic oxidation sites excluding steroid dienone is 4. The Kier molecular flexibility index (Phi) is 38.1. The minimum atomic E-state index is -5.02. The monoisotopic (exact) mass is 813 g/mol. The van der Waals surface area contributed by atoms with Gasteiger partial charge in [0.1, 0.15) is 10.1 Å². The van der Waals surface area contributed by atoms with Gasteiger partial charge in [0.2, 0.25) is 0 Å². The number of carbonyl (C=O) groups excluding carboxylic acids is 2. The number of hydrogen-bond donors (Lipinski definition) is 0. The van der Waals surface area contributed by atoms with E-state index in [0.717, 1.165) is 70.3 Å². The summed E-state index contributed by atoms with van der Waals surface area (Å²) >= 11 is 0. The molecule has 0 saturated carbocycles. The van der Waals surface area contributed by atoms with Crippen LogP contribution in [0.25, 0.3) is 0 Å². The van der Waals surface area contributed by atoms with Crippen molar-refractivity contribution in [1.29, 1.82) is 0 Å². The molecule has 0 aliphatic heterocycles. The van der Waals surface area contributed by atoms with Crippen molar-refractivity contribution in [2.45, 2.75) is 211 Å². The van der Waals surface area contributed by atoms with Gasteiger partial charge in [0.15, 0.2) is 0 Å². The molecule has 0 aliphatic rings. The molecule has 0 aliphatic carbocycles. The Morgan fingerprint density at radius 2 is 0.836 bits per heavy atom. The summed E-state index contributed by atoms with van der Waals surface area (Å²) in [5.74, 6) is -1.83. The van der Waals surface area contributed by atoms with Crippen LogP contribution in [0.2, 0.25) is 0 Å². The van der Waals surface area contributed by atoms with Crippen LogP contribution in [0.4, 0.5) is 0 Å². The number of benzene rings is 1. The van der Waals surface area contributed by atoms with Crippen LogP contribution in [0, 0.1) is 0 Å². The van der Waals surface area contributed by atoms with Gasteiger partial charge in [0.05, 0.1) is 29.2 Å². The normalized spacial score (nSPS) is 11.7. The van der Waals surface area contributed by atoms with Crippen LogP contribution < -0.4 is 51.4 Å². The Bertz CT molecular complexity index is 1240. The van der Waals surface area contributed by atoms with Gasteiger partial charge in [-0.1, -0.05) is 173 Å². The van der Waals surface area contributed by atoms with Crippen molar-refractivity contribution in [3.8, 4) is 0 Å². The molecule has 0 atom stereocenters. The van der Waals surface area contributed by atoms with Crippen LogP contribution in [0.15, 0.2) is 47.4 Å². The summed E-state index contributed by atoms with van der Waals surface area (Å²) in [6, 6.07) is 3.60. The molecule has 0 N–H and O–H groups in total. The second-order valence-electron chi connectivity index (χ2n) is 15.0. The number of hydrogen-bond acceptors (Lipinski definition) is 7. The van der Waals surface area contributed by atoms with Gasteiger partial charge in [0.25, 0.3) is 0 Å². The average Bonchev–Trinajstić information content (AvgIpc) is 3.16. The topological polar surface area (TPSA) is 110 Å². The number of ether oxygens (including phenoxy) is 2. The van der Waals surface area contributed by atoms with Crippen LogP contribution in [-0.2, 0) is 19.6 Å². The SMILES string of the molecule is CCCCCCCCCCC/C=C/CCCCCCOC(=O)c1cccc(S(=O)(=O)[O-])c1C(=O)OCCCCCC/C=C/CCCCCCCCCCC.[K+]. The van der Waals surface area contributed by atoms with E-state index in [2.05, 4.69) is 38.2 Å². The largest absolute Gasteiger partial charge is 1.00 e. The van der Waals surface area contributed by atoms with Gasteiger partial charge in [-0.05, 0) is 76.3 Å². The zero-order valence-corrected chi connectivity index (χ0v) is 39.4. The molecule has 1 aromatic carbocycles. The molecule has 9 heteroatoms. The zero-order chi connectivity index (χ0) is 39.4. The predicted octanol–water partition coefficient (Wildman–Crippen LogP) is 10.8. The Morgan fingerprint density at radius 3 is 1.20 bits per heavy atom. The minimum absolute atomic E-state index is 0. The third kappa shape index (κ3) is 30.9. The smallest absolute Gasteiger partial charge is 0.744 e. The third-order valence-electron chi connectivity index (χ3n) is 10.00. The van der Waals surface area contributed by atoms with E-state index in [1.54, 1.807) is 0 Å². The van der Waals surface area contributed by atoms with E-state index < -0.39 is 32.5 Å². The maximum absolute atomic E-state index is 13.0. The Balaban J connectivity index is 0.0000292. The second-order valence-corrected chi connectivity index (χ2v) is 16.3. The molecule has 0 amide bonds. The summed E-state index contributed by atoms with van der Waals surface area (Å²) in [4.78, 5) is 25.2. The molecule has 310 valence electrons.